The molecule has 0 saturated heterocycles. The van der Waals surface area contributed by atoms with Gasteiger partial charge in [0.2, 0.25) is 5.28 Å². The Morgan fingerprint density at radius 3 is 2.03 bits per heavy atom. The van der Waals surface area contributed by atoms with Crippen molar-refractivity contribution in [3.8, 4) is 33.9 Å². The van der Waals surface area contributed by atoms with Crippen molar-refractivity contribution in [2.75, 3.05) is 0 Å². The van der Waals surface area contributed by atoms with Gasteiger partial charge in [-0.3, -0.25) is 0 Å². The van der Waals surface area contributed by atoms with Crippen molar-refractivity contribution >= 4 is 33.1 Å². The van der Waals surface area contributed by atoms with Crippen molar-refractivity contribution in [1.82, 2.24) is 15.0 Å². The minimum absolute atomic E-state index is 0.182. The van der Waals surface area contributed by atoms with Crippen LogP contribution in [0, 0.1) is 0 Å². The maximum atomic E-state index is 6.36. The Morgan fingerprint density at radius 2 is 1.15 bits per heavy atom. The van der Waals surface area contributed by atoms with E-state index in [1.165, 1.54) is 11.1 Å². The van der Waals surface area contributed by atoms with Crippen LogP contribution in [0.25, 0.3) is 55.4 Å². The fraction of sp³-hybridized carbons (Fsp3) is 0. The summed E-state index contributed by atoms with van der Waals surface area (Å²) in [7, 11) is 0. The van der Waals surface area contributed by atoms with Gasteiger partial charge in [-0.05, 0) is 56.4 Å². The Bertz CT molecular complexity index is 1620. The Balaban J connectivity index is 1.48. The van der Waals surface area contributed by atoms with Crippen LogP contribution in [-0.2, 0) is 0 Å². The summed E-state index contributed by atoms with van der Waals surface area (Å²) in [5, 5.41) is 4.68. The number of hydrogen-bond acceptors (Lipinski definition) is 3. The quantitative estimate of drug-likeness (QED) is 0.279. The van der Waals surface area contributed by atoms with Crippen LogP contribution in [0.15, 0.2) is 109 Å². The van der Waals surface area contributed by atoms with E-state index in [0.717, 1.165) is 32.7 Å². The molecule has 4 heteroatoms. The summed E-state index contributed by atoms with van der Waals surface area (Å²) in [5.41, 5.74) is 4.20. The highest BCUT2D eigenvalue weighted by molar-refractivity contribution is 6.28. The van der Waals surface area contributed by atoms with E-state index < -0.39 is 0 Å². The number of benzene rings is 5. The summed E-state index contributed by atoms with van der Waals surface area (Å²) < 4.78 is 0. The number of fused-ring (bicyclic) bond motifs is 2. The molecular formula is C29H18ClN3. The molecule has 0 fully saturated rings. The molecular weight excluding hydrogens is 426 g/mol. The van der Waals surface area contributed by atoms with Crippen molar-refractivity contribution < 1.29 is 0 Å². The zero-order chi connectivity index (χ0) is 22.2. The third kappa shape index (κ3) is 3.73. The monoisotopic (exact) mass is 443 g/mol. The summed E-state index contributed by atoms with van der Waals surface area (Å²) in [6.07, 6.45) is 0. The lowest BCUT2D eigenvalue weighted by Gasteiger charge is -2.09. The van der Waals surface area contributed by atoms with E-state index in [9.17, 15) is 0 Å². The maximum Gasteiger partial charge on any atom is 0.226 e. The van der Waals surface area contributed by atoms with E-state index >= 15 is 0 Å². The SMILES string of the molecule is Clc1nc(-c2ccc3ccc(-c4ccccc4)cc3c2)nc(-c2cccc3ccccc23)n1. The molecule has 6 rings (SSSR count). The minimum atomic E-state index is 0.182. The van der Waals surface area contributed by atoms with E-state index in [4.69, 9.17) is 16.6 Å². The fourth-order valence-corrected chi connectivity index (χ4v) is 4.38. The molecule has 1 aromatic heterocycles. The molecule has 3 nitrogen and oxygen atoms in total. The lowest BCUT2D eigenvalue weighted by atomic mass is 10.00. The second-order valence-electron chi connectivity index (χ2n) is 7.92. The smallest absolute Gasteiger partial charge is 0.208 e. The topological polar surface area (TPSA) is 38.7 Å². The molecule has 0 spiro atoms. The highest BCUT2D eigenvalue weighted by Crippen LogP contribution is 2.30. The Labute approximate surface area is 196 Å². The first-order valence-electron chi connectivity index (χ1n) is 10.7. The summed E-state index contributed by atoms with van der Waals surface area (Å²) in [4.78, 5) is 13.7. The first-order chi connectivity index (χ1) is 16.2. The second kappa shape index (κ2) is 8.12. The minimum Gasteiger partial charge on any atom is -0.208 e. The molecule has 0 aliphatic rings. The van der Waals surface area contributed by atoms with E-state index in [-0.39, 0.29) is 5.28 Å². The largest absolute Gasteiger partial charge is 0.226 e. The van der Waals surface area contributed by atoms with Crippen LogP contribution in [-0.4, -0.2) is 15.0 Å². The predicted molar refractivity (Wildman–Crippen MR) is 136 cm³/mol. The van der Waals surface area contributed by atoms with Gasteiger partial charge < -0.3 is 0 Å². The van der Waals surface area contributed by atoms with Gasteiger partial charge in [-0.25, -0.2) is 4.98 Å². The van der Waals surface area contributed by atoms with Crippen molar-refractivity contribution in [1.29, 1.82) is 0 Å². The predicted octanol–water partition coefficient (Wildman–Crippen LogP) is 7.83. The zero-order valence-electron chi connectivity index (χ0n) is 17.6. The number of nitrogens with zero attached hydrogens (tertiary/aromatic N) is 3. The first kappa shape index (κ1) is 19.6. The van der Waals surface area contributed by atoms with E-state index in [1.54, 1.807) is 0 Å². The van der Waals surface area contributed by atoms with Crippen LogP contribution in [0.3, 0.4) is 0 Å². The van der Waals surface area contributed by atoms with Gasteiger partial charge in [-0.1, -0.05) is 97.1 Å². The number of rotatable bonds is 3. The summed E-state index contributed by atoms with van der Waals surface area (Å²) in [5.74, 6) is 1.13. The normalized spacial score (nSPS) is 11.2. The number of halogens is 1. The van der Waals surface area contributed by atoms with Crippen LogP contribution >= 0.6 is 11.6 Å². The fourth-order valence-electron chi connectivity index (χ4n) is 4.22. The molecule has 0 N–H and O–H groups in total. The van der Waals surface area contributed by atoms with E-state index in [0.29, 0.717) is 11.6 Å². The van der Waals surface area contributed by atoms with Gasteiger partial charge >= 0.3 is 0 Å². The molecule has 1 heterocycles. The van der Waals surface area contributed by atoms with Gasteiger partial charge in [0.1, 0.15) is 0 Å². The molecule has 0 amide bonds. The lowest BCUT2D eigenvalue weighted by Crippen LogP contribution is -1.97. The highest BCUT2D eigenvalue weighted by Gasteiger charge is 2.12. The molecule has 0 bridgehead atoms. The summed E-state index contributed by atoms with van der Waals surface area (Å²) in [6.45, 7) is 0. The van der Waals surface area contributed by atoms with Crippen molar-refractivity contribution in [3.63, 3.8) is 0 Å². The van der Waals surface area contributed by atoms with Crippen molar-refractivity contribution in [2.45, 2.75) is 0 Å². The van der Waals surface area contributed by atoms with Crippen LogP contribution in [0.1, 0.15) is 0 Å². The van der Waals surface area contributed by atoms with Crippen LogP contribution in [0.2, 0.25) is 5.28 Å². The molecule has 0 radical (unpaired) electrons. The van der Waals surface area contributed by atoms with E-state index in [1.807, 2.05) is 36.4 Å². The zero-order valence-corrected chi connectivity index (χ0v) is 18.4. The maximum absolute atomic E-state index is 6.36. The van der Waals surface area contributed by atoms with Crippen molar-refractivity contribution in [3.05, 3.63) is 114 Å². The van der Waals surface area contributed by atoms with Gasteiger partial charge in [0.15, 0.2) is 11.6 Å². The molecule has 0 saturated carbocycles. The molecule has 6 aromatic rings. The Kier molecular flexibility index (Phi) is 4.82. The Hall–Kier alpha value is -4.08. The number of aromatic nitrogens is 3. The van der Waals surface area contributed by atoms with Gasteiger partial charge in [0, 0.05) is 11.1 Å². The molecule has 0 atom stereocenters. The summed E-state index contributed by atoms with van der Waals surface area (Å²) in [6, 6.07) is 37.4. The molecule has 5 aromatic carbocycles. The number of hydrogen-bond donors (Lipinski definition) is 0. The van der Waals surface area contributed by atoms with Gasteiger partial charge in [-0.15, -0.1) is 0 Å². The van der Waals surface area contributed by atoms with Crippen LogP contribution < -0.4 is 0 Å². The third-order valence-corrected chi connectivity index (χ3v) is 6.01. The average Bonchev–Trinajstić information content (AvgIpc) is 2.88. The molecule has 0 aliphatic heterocycles. The van der Waals surface area contributed by atoms with Crippen LogP contribution in [0.5, 0.6) is 0 Å². The van der Waals surface area contributed by atoms with Gasteiger partial charge in [0.05, 0.1) is 0 Å². The second-order valence-corrected chi connectivity index (χ2v) is 8.26. The molecule has 0 aliphatic carbocycles. The Morgan fingerprint density at radius 1 is 0.455 bits per heavy atom. The van der Waals surface area contributed by atoms with Crippen molar-refractivity contribution in [2.24, 2.45) is 0 Å². The average molecular weight is 444 g/mol. The molecule has 156 valence electrons. The molecule has 33 heavy (non-hydrogen) atoms. The molecule has 0 unspecified atom stereocenters. The van der Waals surface area contributed by atoms with Crippen LogP contribution in [0.4, 0.5) is 0 Å². The lowest BCUT2D eigenvalue weighted by molar-refractivity contribution is 1.07. The summed E-state index contributed by atoms with van der Waals surface area (Å²) >= 11 is 6.36. The highest BCUT2D eigenvalue weighted by atomic mass is 35.5. The van der Waals surface area contributed by atoms with E-state index in [2.05, 4.69) is 82.8 Å². The van der Waals surface area contributed by atoms with Gasteiger partial charge in [-0.2, -0.15) is 9.97 Å². The standard InChI is InChI=1S/C29H18ClN3/c30-29-32-27(31-28(33-29)26-12-6-10-21-9-4-5-11-25(21)26)23-16-14-20-13-15-22(17-24(20)18-23)19-7-2-1-3-8-19/h1-18H. The third-order valence-electron chi connectivity index (χ3n) is 5.84. The van der Waals surface area contributed by atoms with Gasteiger partial charge in [0.25, 0.3) is 0 Å². The first-order valence-corrected chi connectivity index (χ1v) is 11.1.